The maximum absolute atomic E-state index is 10.9. The monoisotopic (exact) mass is 294 g/mol. The molecule has 0 bridgehead atoms. The van der Waals surface area contributed by atoms with Crippen LogP contribution >= 0.6 is 0 Å². The molecule has 0 spiro atoms. The molecule has 0 unspecified atom stereocenters. The minimum absolute atomic E-state index is 0.0205. The number of para-hydroxylation sites is 1. The summed E-state index contributed by atoms with van der Waals surface area (Å²) < 4.78 is 5.85. The average Bonchev–Trinajstić information content (AvgIpc) is 3.04. The molecule has 2 aromatic carbocycles. The Kier molecular flexibility index (Phi) is 3.87. The summed E-state index contributed by atoms with van der Waals surface area (Å²) >= 11 is 0. The lowest BCUT2D eigenvalue weighted by Gasteiger charge is -2.10. The topological polar surface area (TPSA) is 75.2 Å². The van der Waals surface area contributed by atoms with Crippen molar-refractivity contribution in [2.75, 3.05) is 0 Å². The summed E-state index contributed by atoms with van der Waals surface area (Å²) in [5.74, 6) is -0.392. The lowest BCUT2D eigenvalue weighted by Crippen LogP contribution is -1.96. The van der Waals surface area contributed by atoms with Crippen LogP contribution < -0.4 is 4.74 Å². The third kappa shape index (κ3) is 2.98. The van der Waals surface area contributed by atoms with Gasteiger partial charge < -0.3 is 9.84 Å². The highest BCUT2D eigenvalue weighted by Crippen LogP contribution is 2.29. The number of aromatic amines is 1. The Morgan fingerprint density at radius 3 is 2.55 bits per heavy atom. The van der Waals surface area contributed by atoms with E-state index in [1.807, 2.05) is 54.6 Å². The molecule has 0 aliphatic heterocycles. The Balaban J connectivity index is 1.84. The lowest BCUT2D eigenvalue weighted by atomic mass is 10.1. The smallest absolute Gasteiger partial charge is 0.356 e. The molecule has 5 nitrogen and oxygen atoms in total. The van der Waals surface area contributed by atoms with Crippen LogP contribution in [-0.2, 0) is 6.61 Å². The van der Waals surface area contributed by atoms with Gasteiger partial charge in [-0.05, 0) is 23.8 Å². The first-order valence-corrected chi connectivity index (χ1v) is 6.79. The Hall–Kier alpha value is -3.08. The van der Waals surface area contributed by atoms with Crippen LogP contribution in [-0.4, -0.2) is 21.3 Å². The molecule has 0 amide bonds. The van der Waals surface area contributed by atoms with Gasteiger partial charge in [-0.15, -0.1) is 0 Å². The van der Waals surface area contributed by atoms with Gasteiger partial charge in [-0.2, -0.15) is 5.10 Å². The van der Waals surface area contributed by atoms with E-state index in [1.54, 1.807) is 0 Å². The number of H-pyrrole nitrogens is 1. The van der Waals surface area contributed by atoms with Crippen molar-refractivity contribution in [1.29, 1.82) is 0 Å². The third-order valence-electron chi connectivity index (χ3n) is 3.21. The average molecular weight is 294 g/mol. The molecule has 1 aromatic heterocycles. The maximum Gasteiger partial charge on any atom is 0.356 e. The Morgan fingerprint density at radius 2 is 1.82 bits per heavy atom. The molecule has 1 heterocycles. The highest BCUT2D eigenvalue weighted by atomic mass is 16.5. The number of hydrogen-bond donors (Lipinski definition) is 2. The summed E-state index contributed by atoms with van der Waals surface area (Å²) in [5, 5.41) is 15.5. The highest BCUT2D eigenvalue weighted by molar-refractivity contribution is 5.87. The van der Waals surface area contributed by atoms with Crippen molar-refractivity contribution in [3.8, 4) is 17.0 Å². The number of carboxylic acids is 1. The summed E-state index contributed by atoms with van der Waals surface area (Å²) in [7, 11) is 0. The van der Waals surface area contributed by atoms with Gasteiger partial charge in [0.15, 0.2) is 5.69 Å². The molecular weight excluding hydrogens is 280 g/mol. The number of carbonyl (C=O) groups is 1. The van der Waals surface area contributed by atoms with E-state index < -0.39 is 5.97 Å². The van der Waals surface area contributed by atoms with E-state index in [0.717, 1.165) is 11.1 Å². The first-order chi connectivity index (χ1) is 10.7. The first-order valence-electron chi connectivity index (χ1n) is 6.79. The van der Waals surface area contributed by atoms with E-state index in [-0.39, 0.29) is 5.69 Å². The molecule has 0 saturated heterocycles. The summed E-state index contributed by atoms with van der Waals surface area (Å²) in [6.07, 6.45) is 0. The Bertz CT molecular complexity index is 781. The van der Waals surface area contributed by atoms with Crippen molar-refractivity contribution in [1.82, 2.24) is 10.2 Å². The predicted molar refractivity (Wildman–Crippen MR) is 81.8 cm³/mol. The summed E-state index contributed by atoms with van der Waals surface area (Å²) in [6, 6.07) is 18.8. The number of nitrogens with one attached hydrogen (secondary N) is 1. The zero-order chi connectivity index (χ0) is 15.4. The van der Waals surface area contributed by atoms with E-state index >= 15 is 0 Å². The van der Waals surface area contributed by atoms with Crippen LogP contribution in [0, 0.1) is 0 Å². The fraction of sp³-hybridized carbons (Fsp3) is 0.0588. The first kappa shape index (κ1) is 13.9. The zero-order valence-electron chi connectivity index (χ0n) is 11.7. The Labute approximate surface area is 127 Å². The van der Waals surface area contributed by atoms with Gasteiger partial charge in [-0.25, -0.2) is 4.79 Å². The molecule has 22 heavy (non-hydrogen) atoms. The minimum Gasteiger partial charge on any atom is -0.488 e. The fourth-order valence-corrected chi connectivity index (χ4v) is 2.12. The molecule has 0 aliphatic rings. The summed E-state index contributed by atoms with van der Waals surface area (Å²) in [6.45, 7) is 0.442. The van der Waals surface area contributed by atoms with Crippen LogP contribution in [0.4, 0.5) is 0 Å². The molecule has 0 radical (unpaired) electrons. The molecule has 110 valence electrons. The number of aromatic carboxylic acids is 1. The number of benzene rings is 2. The number of aromatic nitrogens is 2. The summed E-state index contributed by atoms with van der Waals surface area (Å²) in [5.41, 5.74) is 2.43. The summed E-state index contributed by atoms with van der Waals surface area (Å²) in [4.78, 5) is 10.9. The maximum atomic E-state index is 10.9. The molecule has 3 aromatic rings. The molecular formula is C17H14N2O3. The second-order valence-corrected chi connectivity index (χ2v) is 4.74. The van der Waals surface area contributed by atoms with Gasteiger partial charge >= 0.3 is 5.97 Å². The molecule has 0 aliphatic carbocycles. The standard InChI is InChI=1S/C17H14N2O3/c20-17(21)15-10-14(18-19-15)13-8-4-5-9-16(13)22-11-12-6-2-1-3-7-12/h1-10H,11H2,(H,18,19)(H,20,21). The van der Waals surface area contributed by atoms with Crippen molar-refractivity contribution < 1.29 is 14.6 Å². The molecule has 0 atom stereocenters. The number of nitrogens with zero attached hydrogens (tertiary/aromatic N) is 1. The Morgan fingerprint density at radius 1 is 1.09 bits per heavy atom. The molecule has 5 heteroatoms. The van der Waals surface area contributed by atoms with Crippen molar-refractivity contribution in [2.24, 2.45) is 0 Å². The quantitative estimate of drug-likeness (QED) is 0.756. The number of hydrogen-bond acceptors (Lipinski definition) is 3. The number of rotatable bonds is 5. The lowest BCUT2D eigenvalue weighted by molar-refractivity contribution is 0.0690. The SMILES string of the molecule is O=C(O)c1cc(-c2ccccc2OCc2ccccc2)[nH]n1. The predicted octanol–water partition coefficient (Wildman–Crippen LogP) is 3.35. The minimum atomic E-state index is -1.06. The number of carboxylic acid groups (broad SMARTS) is 1. The van der Waals surface area contributed by atoms with Crippen LogP contribution in [0.2, 0.25) is 0 Å². The van der Waals surface area contributed by atoms with E-state index in [0.29, 0.717) is 18.1 Å². The van der Waals surface area contributed by atoms with Gasteiger partial charge in [-0.1, -0.05) is 42.5 Å². The van der Waals surface area contributed by atoms with Gasteiger partial charge in [0.05, 0.1) is 5.69 Å². The second-order valence-electron chi connectivity index (χ2n) is 4.74. The van der Waals surface area contributed by atoms with Crippen molar-refractivity contribution in [3.05, 3.63) is 71.9 Å². The van der Waals surface area contributed by atoms with Crippen LogP contribution in [0.15, 0.2) is 60.7 Å². The molecule has 0 fully saturated rings. The van der Waals surface area contributed by atoms with Gasteiger partial charge in [-0.3, -0.25) is 5.10 Å². The van der Waals surface area contributed by atoms with Crippen molar-refractivity contribution in [2.45, 2.75) is 6.61 Å². The largest absolute Gasteiger partial charge is 0.488 e. The van der Waals surface area contributed by atoms with Crippen LogP contribution in [0.5, 0.6) is 5.75 Å². The van der Waals surface area contributed by atoms with Crippen molar-refractivity contribution >= 4 is 5.97 Å². The van der Waals surface area contributed by atoms with Crippen LogP contribution in [0.1, 0.15) is 16.1 Å². The van der Waals surface area contributed by atoms with E-state index in [1.165, 1.54) is 6.07 Å². The molecule has 2 N–H and O–H groups in total. The van der Waals surface area contributed by atoms with Gasteiger partial charge in [0.2, 0.25) is 0 Å². The van der Waals surface area contributed by atoms with Gasteiger partial charge in [0, 0.05) is 5.56 Å². The van der Waals surface area contributed by atoms with Crippen molar-refractivity contribution in [3.63, 3.8) is 0 Å². The zero-order valence-corrected chi connectivity index (χ0v) is 11.7. The van der Waals surface area contributed by atoms with E-state index in [2.05, 4.69) is 10.2 Å². The second kappa shape index (κ2) is 6.13. The van der Waals surface area contributed by atoms with Crippen LogP contribution in [0.25, 0.3) is 11.3 Å². The van der Waals surface area contributed by atoms with Crippen LogP contribution in [0.3, 0.4) is 0 Å². The fourth-order valence-electron chi connectivity index (χ4n) is 2.12. The normalized spacial score (nSPS) is 10.4. The highest BCUT2D eigenvalue weighted by Gasteiger charge is 2.12. The molecule has 0 saturated carbocycles. The van der Waals surface area contributed by atoms with E-state index in [4.69, 9.17) is 9.84 Å². The molecule has 3 rings (SSSR count). The number of ether oxygens (including phenoxy) is 1. The van der Waals surface area contributed by atoms with Gasteiger partial charge in [0.1, 0.15) is 12.4 Å². The van der Waals surface area contributed by atoms with Gasteiger partial charge in [0.25, 0.3) is 0 Å². The van der Waals surface area contributed by atoms with E-state index in [9.17, 15) is 4.79 Å². The third-order valence-corrected chi connectivity index (χ3v) is 3.21.